The summed E-state index contributed by atoms with van der Waals surface area (Å²) in [6.07, 6.45) is 9.81. The summed E-state index contributed by atoms with van der Waals surface area (Å²) in [5.74, 6) is 2.49. The van der Waals surface area contributed by atoms with Crippen LogP contribution in [0.4, 0.5) is 4.79 Å². The van der Waals surface area contributed by atoms with Gasteiger partial charge in [0, 0.05) is 31.2 Å². The Morgan fingerprint density at radius 3 is 2.35 bits per heavy atom. The third-order valence-electron chi connectivity index (χ3n) is 8.94. The monoisotopic (exact) mass is 469 g/mol. The van der Waals surface area contributed by atoms with Crippen molar-refractivity contribution in [3.8, 4) is 5.75 Å². The van der Waals surface area contributed by atoms with Crippen LogP contribution >= 0.6 is 0 Å². The lowest BCUT2D eigenvalue weighted by Crippen LogP contribution is -2.59. The molecule has 6 aliphatic rings. The second-order valence-corrected chi connectivity index (χ2v) is 12.9. The number of ether oxygens (including phenoxy) is 2. The summed E-state index contributed by atoms with van der Waals surface area (Å²) in [7, 11) is 0. The van der Waals surface area contributed by atoms with E-state index in [9.17, 15) is 4.79 Å². The van der Waals surface area contributed by atoms with Crippen LogP contribution in [0.5, 0.6) is 5.75 Å². The van der Waals surface area contributed by atoms with E-state index in [1.165, 1.54) is 37.7 Å². The highest BCUT2D eigenvalue weighted by atomic mass is 17.3. The SMILES string of the molecule is CC(C)(C)CNC(=O)Oc1ccc([C@@H]2CCC[C@]3(C2)OOC2(O3)C3CC4CC(C3)CC2C4)cc1. The van der Waals surface area contributed by atoms with Crippen LogP contribution in [0.25, 0.3) is 0 Å². The minimum absolute atomic E-state index is 0.0170. The minimum Gasteiger partial charge on any atom is -0.410 e. The smallest absolute Gasteiger partial charge is 0.410 e. The molecule has 1 amide bonds. The maximum Gasteiger partial charge on any atom is 0.412 e. The molecule has 0 unspecified atom stereocenters. The van der Waals surface area contributed by atoms with Gasteiger partial charge in [-0.3, -0.25) is 0 Å². The first-order valence-electron chi connectivity index (χ1n) is 13.3. The Morgan fingerprint density at radius 1 is 1.03 bits per heavy atom. The zero-order valence-corrected chi connectivity index (χ0v) is 20.8. The Morgan fingerprint density at radius 2 is 1.71 bits per heavy atom. The van der Waals surface area contributed by atoms with Gasteiger partial charge in [-0.05, 0) is 85.8 Å². The number of hydrogen-bond donors (Lipinski definition) is 1. The molecule has 6 nitrogen and oxygen atoms in total. The Bertz CT molecular complexity index is 894. The average Bonchev–Trinajstić information content (AvgIpc) is 3.15. The van der Waals surface area contributed by atoms with Crippen molar-refractivity contribution in [1.82, 2.24) is 5.32 Å². The summed E-state index contributed by atoms with van der Waals surface area (Å²) in [6.45, 7) is 6.80. The third kappa shape index (κ3) is 4.16. The van der Waals surface area contributed by atoms with E-state index in [0.29, 0.717) is 30.0 Å². The van der Waals surface area contributed by atoms with Gasteiger partial charge in [0.25, 0.3) is 0 Å². The van der Waals surface area contributed by atoms with Crippen LogP contribution in [0.2, 0.25) is 0 Å². The van der Waals surface area contributed by atoms with Crippen molar-refractivity contribution >= 4 is 6.09 Å². The van der Waals surface area contributed by atoms with E-state index in [2.05, 4.69) is 38.2 Å². The lowest BCUT2D eigenvalue weighted by molar-refractivity contribution is -0.390. The third-order valence-corrected chi connectivity index (χ3v) is 8.94. The van der Waals surface area contributed by atoms with Gasteiger partial charge >= 0.3 is 6.09 Å². The average molecular weight is 470 g/mol. The van der Waals surface area contributed by atoms with Crippen LogP contribution in [-0.2, 0) is 14.5 Å². The van der Waals surface area contributed by atoms with Crippen LogP contribution in [0.1, 0.15) is 90.0 Å². The zero-order valence-electron chi connectivity index (χ0n) is 20.8. The van der Waals surface area contributed by atoms with Gasteiger partial charge in [-0.15, -0.1) is 0 Å². The van der Waals surface area contributed by atoms with E-state index < -0.39 is 17.7 Å². The maximum atomic E-state index is 12.1. The normalized spacial score (nSPS) is 40.7. The van der Waals surface area contributed by atoms with Crippen molar-refractivity contribution < 1.29 is 24.0 Å². The molecule has 1 aromatic carbocycles. The molecular formula is C28H39NO5. The molecular weight excluding hydrogens is 430 g/mol. The highest BCUT2D eigenvalue weighted by Crippen LogP contribution is 2.64. The zero-order chi connectivity index (χ0) is 23.6. The van der Waals surface area contributed by atoms with Gasteiger partial charge in [0.15, 0.2) is 0 Å². The van der Waals surface area contributed by atoms with Crippen LogP contribution in [0.15, 0.2) is 24.3 Å². The molecule has 2 spiro atoms. The number of benzene rings is 1. The number of carbonyl (C=O) groups excluding carboxylic acids is 1. The van der Waals surface area contributed by atoms with Crippen LogP contribution in [-0.4, -0.2) is 24.2 Å². The number of nitrogens with one attached hydrogen (secondary N) is 1. The maximum absolute atomic E-state index is 12.1. The molecule has 0 radical (unpaired) electrons. The largest absolute Gasteiger partial charge is 0.412 e. The molecule has 1 aliphatic heterocycles. The standard InChI is InChI=1S/C28H39NO5/c1-26(2,3)17-29-25(30)31-24-8-6-20(7-9-24)21-5-4-10-27(16-21)32-28(34-33-27)22-12-18-11-19(14-22)15-23(28)13-18/h6-9,18-19,21-23H,4-5,10-17H2,1-3H3,(H,29,30)/t18?,19?,21-,22?,23?,27-,28?/m1/s1. The van der Waals surface area contributed by atoms with Gasteiger partial charge in [0.1, 0.15) is 5.75 Å². The number of rotatable bonds is 3. The van der Waals surface area contributed by atoms with Crippen molar-refractivity contribution in [2.75, 3.05) is 6.54 Å². The van der Waals surface area contributed by atoms with Gasteiger partial charge in [-0.2, -0.15) is 9.78 Å². The van der Waals surface area contributed by atoms with Gasteiger partial charge in [0.05, 0.1) is 0 Å². The molecule has 5 aliphatic carbocycles. The number of hydrogen-bond acceptors (Lipinski definition) is 5. The lowest BCUT2D eigenvalue weighted by atomic mass is 9.53. The van der Waals surface area contributed by atoms with Crippen molar-refractivity contribution in [2.45, 2.75) is 96.1 Å². The van der Waals surface area contributed by atoms with Crippen LogP contribution in [0.3, 0.4) is 0 Å². The van der Waals surface area contributed by atoms with E-state index in [1.807, 2.05) is 12.1 Å². The molecule has 0 aromatic heterocycles. The highest BCUT2D eigenvalue weighted by molar-refractivity contribution is 5.70. The molecule has 1 saturated heterocycles. The number of amides is 1. The van der Waals surface area contributed by atoms with Crippen molar-refractivity contribution in [3.05, 3.63) is 29.8 Å². The first kappa shape index (κ1) is 22.8. The molecule has 186 valence electrons. The summed E-state index contributed by atoms with van der Waals surface area (Å²) in [6, 6.07) is 7.92. The predicted molar refractivity (Wildman–Crippen MR) is 127 cm³/mol. The Kier molecular flexibility index (Phi) is 5.51. The quantitative estimate of drug-likeness (QED) is 0.526. The van der Waals surface area contributed by atoms with E-state index in [4.69, 9.17) is 19.2 Å². The van der Waals surface area contributed by atoms with E-state index in [0.717, 1.165) is 37.5 Å². The topological polar surface area (TPSA) is 66.0 Å². The van der Waals surface area contributed by atoms with Crippen molar-refractivity contribution in [2.24, 2.45) is 29.1 Å². The predicted octanol–water partition coefficient (Wildman–Crippen LogP) is 6.31. The summed E-state index contributed by atoms with van der Waals surface area (Å²) >= 11 is 0. The molecule has 1 heterocycles. The van der Waals surface area contributed by atoms with Crippen molar-refractivity contribution in [1.29, 1.82) is 0 Å². The molecule has 4 bridgehead atoms. The molecule has 5 saturated carbocycles. The fourth-order valence-corrected chi connectivity index (χ4v) is 7.55. The van der Waals surface area contributed by atoms with Gasteiger partial charge in [-0.1, -0.05) is 32.9 Å². The molecule has 6 heteroatoms. The summed E-state index contributed by atoms with van der Waals surface area (Å²) < 4.78 is 12.4. The van der Waals surface area contributed by atoms with Crippen molar-refractivity contribution in [3.63, 3.8) is 0 Å². The lowest BCUT2D eigenvalue weighted by Gasteiger charge is -2.57. The second-order valence-electron chi connectivity index (χ2n) is 12.9. The first-order chi connectivity index (χ1) is 16.2. The summed E-state index contributed by atoms with van der Waals surface area (Å²) in [4.78, 5) is 24.4. The Balaban J connectivity index is 1.10. The Hall–Kier alpha value is -1.63. The van der Waals surface area contributed by atoms with Crippen LogP contribution < -0.4 is 10.1 Å². The minimum atomic E-state index is -0.625. The summed E-state index contributed by atoms with van der Waals surface area (Å²) in [5.41, 5.74) is 1.25. The fraction of sp³-hybridized carbons (Fsp3) is 0.750. The highest BCUT2D eigenvalue weighted by Gasteiger charge is 2.67. The van der Waals surface area contributed by atoms with Gasteiger partial charge in [-0.25, -0.2) is 4.79 Å². The Labute approximate surface area is 203 Å². The first-order valence-corrected chi connectivity index (χ1v) is 13.3. The van der Waals surface area contributed by atoms with E-state index in [-0.39, 0.29) is 5.41 Å². The van der Waals surface area contributed by atoms with Gasteiger partial charge < -0.3 is 14.8 Å². The second kappa shape index (κ2) is 8.21. The molecule has 1 aromatic rings. The molecule has 7 rings (SSSR count). The van der Waals surface area contributed by atoms with E-state index >= 15 is 0 Å². The number of carbonyl (C=O) groups is 1. The summed E-state index contributed by atoms with van der Waals surface area (Å²) in [5, 5.41) is 2.82. The van der Waals surface area contributed by atoms with E-state index in [1.54, 1.807) is 0 Å². The molecule has 1 N–H and O–H groups in total. The fourth-order valence-electron chi connectivity index (χ4n) is 7.55. The van der Waals surface area contributed by atoms with Gasteiger partial charge in [0.2, 0.25) is 11.6 Å². The van der Waals surface area contributed by atoms with Crippen LogP contribution in [0, 0.1) is 29.1 Å². The molecule has 2 atom stereocenters. The molecule has 34 heavy (non-hydrogen) atoms. The molecule has 6 fully saturated rings.